The van der Waals surface area contributed by atoms with Crippen LogP contribution in [-0.2, 0) is 20.7 Å². The van der Waals surface area contributed by atoms with E-state index in [1.807, 2.05) is 66.7 Å². The molecule has 6 aromatic heterocycles. The van der Waals surface area contributed by atoms with Crippen molar-refractivity contribution in [2.75, 3.05) is 87.2 Å². The molecule has 1 radical (unpaired) electrons. The molecule has 2 aliphatic rings. The van der Waals surface area contributed by atoms with Crippen LogP contribution >= 0.6 is 60.6 Å². The normalized spacial score (nSPS) is 14.7. The fraction of sp³-hybridized carbons (Fsp3) is 0.326. The van der Waals surface area contributed by atoms with Gasteiger partial charge in [-0.25, -0.2) is 19.9 Å². The van der Waals surface area contributed by atoms with Crippen molar-refractivity contribution in [3.63, 3.8) is 0 Å². The number of aliphatic hydroxyl groups excluding tert-OH is 2. The summed E-state index contributed by atoms with van der Waals surface area (Å²) in [7, 11) is 16.3. The van der Waals surface area contributed by atoms with E-state index < -0.39 is 53.3 Å². The number of H-pyrrole nitrogens is 2. The first-order chi connectivity index (χ1) is 62.6. The number of nitrogens with one attached hydrogen (secondary N) is 2. The van der Waals surface area contributed by atoms with Gasteiger partial charge in [0.2, 0.25) is 41.2 Å². The Bertz CT molecular complexity index is 5450. The van der Waals surface area contributed by atoms with E-state index in [0.717, 1.165) is 27.4 Å². The average Bonchev–Trinajstić information content (AvgIpc) is 1.49. The monoisotopic (exact) mass is 2110 g/mol. The van der Waals surface area contributed by atoms with Crippen molar-refractivity contribution in [1.29, 1.82) is 5.26 Å². The molecule has 7 heterocycles. The molecule has 12 rings (SSSR count). The summed E-state index contributed by atoms with van der Waals surface area (Å²) in [4.78, 5) is 103. The van der Waals surface area contributed by atoms with Crippen molar-refractivity contribution in [2.24, 2.45) is 10.2 Å². The number of hydrogen-bond acceptors (Lipinski definition) is 28. The van der Waals surface area contributed by atoms with Gasteiger partial charge in [-0.05, 0) is 120 Å². The third-order valence-corrected chi connectivity index (χ3v) is 36.7. The molecule has 0 saturated heterocycles. The number of aldehydes is 1. The van der Waals surface area contributed by atoms with Crippen molar-refractivity contribution in [3.8, 4) is 47.1 Å². The summed E-state index contributed by atoms with van der Waals surface area (Å²) >= 11 is 10.8. The van der Waals surface area contributed by atoms with Gasteiger partial charge in [-0.3, -0.25) is 33.6 Å². The van der Waals surface area contributed by atoms with Crippen molar-refractivity contribution < 1.29 is 77.2 Å². The van der Waals surface area contributed by atoms with Gasteiger partial charge in [-0.2, -0.15) is 5.26 Å². The Hall–Kier alpha value is -11.4. The number of nitrogen functional groups attached to an aromatic ring is 3. The number of carbonyl (C=O) groups is 5. The summed E-state index contributed by atoms with van der Waals surface area (Å²) in [5.41, 5.74) is 17.6. The van der Waals surface area contributed by atoms with Crippen LogP contribution in [0.5, 0.6) is 41.0 Å². The molecule has 4 aromatic carbocycles. The summed E-state index contributed by atoms with van der Waals surface area (Å²) in [5, 5.41) is 41.4. The number of nitriles is 1. The van der Waals surface area contributed by atoms with Crippen molar-refractivity contribution in [1.82, 2.24) is 34.8 Å². The van der Waals surface area contributed by atoms with Gasteiger partial charge in [0.05, 0.1) is 71.5 Å². The van der Waals surface area contributed by atoms with E-state index in [-0.39, 0.29) is 75.1 Å². The van der Waals surface area contributed by atoms with Gasteiger partial charge in [0.1, 0.15) is 39.3 Å². The number of ether oxygens (including phenoxy) is 8. The number of nitrogens with two attached hydrogens (primary N) is 3. The molecule has 5 atom stereocenters. The molecule has 1 aliphatic carbocycles. The second-order valence-corrected chi connectivity index (χ2v) is 44.7. The van der Waals surface area contributed by atoms with Gasteiger partial charge in [0.25, 0.3) is 0 Å². The Balaban J connectivity index is 0.000000402. The van der Waals surface area contributed by atoms with Crippen LogP contribution in [0, 0.1) is 17.2 Å². The maximum absolute atomic E-state index is 13.6. The van der Waals surface area contributed by atoms with Crippen LogP contribution < -0.4 is 61.2 Å². The number of aliphatic hydroxyl groups is 3. The number of ketones is 3. The molecule has 36 heteroatoms. The Kier molecular flexibility index (Phi) is 52.0. The molecule has 0 bridgehead atoms. The second kappa shape index (κ2) is 59.8. The first-order valence-electron chi connectivity index (χ1n) is 41.2. The molecular weight excluding hydrogens is 2000 g/mol. The number of unbranched alkanes of at least 4 members (excludes halogenated alkanes) is 3. The number of nitrogens with zero attached hydrogens (tertiary/aromatic N) is 7. The van der Waals surface area contributed by atoms with Crippen LogP contribution in [0.3, 0.4) is 0 Å². The van der Waals surface area contributed by atoms with Gasteiger partial charge in [-0.15, -0.1) is 0 Å². The number of halogens is 3. The van der Waals surface area contributed by atoms with Gasteiger partial charge < -0.3 is 80.5 Å². The fourth-order valence-corrected chi connectivity index (χ4v) is 29.2. The number of methoxy groups -OCH3 is 6. The third-order valence-electron chi connectivity index (χ3n) is 19.8. The molecule has 30 nitrogen and oxygen atoms in total. The predicted molar refractivity (Wildman–Crippen MR) is 529 cm³/mol. The first kappa shape index (κ1) is 114. The molecule has 0 spiro atoms. The van der Waals surface area contributed by atoms with Crippen molar-refractivity contribution in [2.45, 2.75) is 124 Å². The number of thiol groups is 1. The zero-order valence-corrected chi connectivity index (χ0v) is 84.8. The standard InChI is InChI=1S/C27H25N3O5.C15H12BrNO3.C8H10N2O2.C8H9NO3.C7H5BrO.C6H7BrN2O.C6H8N2O.C4H7O.3C4H9.C2H6O.BHNS.Sn/c1-30(2)25(32)20-21(17-7-5-4-6-8-17)27(18-11-9-16(15-28)10-12-18)26(33,23(20)31)22-19(35-27)13-14-29-24(22)34-3;1-20-15-14(13(19)8-9-17-15)12(18)7-4-10-2-5-11(16)6-3-10;1-5(11)7-6(9)3-4-10-8(7)12-2;1-5(10)7-6(11)3-4-9-8(7)12-2;8-7-3-1-6(5-9)2-4-7;1-10-6-5(7)4(8)2-3-9-6;1-9-6-4-5(7)2-3-8-6;1-3-5-4-2;3*1-3-4-2;2*1-2-3;/h4-14,20-21,23,31,33H,1-3H3;2-9H,1H3,(H,17,19);3-4H,1-2H3,(H2,9,10);3-4H,1-2H3,(H,9,11);1-5H;2-3H,1H3,(H2,8,9);2-4H,1H3,(H2,7,8);1,4H2,2H3;3*1,3-4H2,2H3;3H,2H2,1H3;3H;/b;7-4+;;;;;;;;;;;;/t20-,21-,23-,26+,27+;;;;;;;;;;;;;/m1............./s1. The molecule has 1 aliphatic heterocycles. The minimum atomic E-state index is -2.24. The van der Waals surface area contributed by atoms with E-state index >= 15 is 0 Å². The number of anilines is 3. The predicted octanol–water partition coefficient (Wildman–Crippen LogP) is 17.3. The van der Waals surface area contributed by atoms with Crippen LogP contribution in [0.15, 0.2) is 227 Å². The Morgan fingerprint density at radius 3 is 1.56 bits per heavy atom. The van der Waals surface area contributed by atoms with Gasteiger partial charge in [0, 0.05) is 108 Å². The number of rotatable bonds is 27. The number of aromatic amines is 2. The zero-order chi connectivity index (χ0) is 98.0. The topological polar surface area (TPSA) is 455 Å². The number of Topliss-reactive ketones (excluding diaryl/α,β-unsaturated/α-hetero) is 2. The number of amides is 1. The zero-order valence-electron chi connectivity index (χ0n) is 76.3. The number of aromatic nitrogens is 6. The number of benzene rings is 4. The molecule has 1 amide bonds. The van der Waals surface area contributed by atoms with Crippen molar-refractivity contribution in [3.05, 3.63) is 283 Å². The van der Waals surface area contributed by atoms with Gasteiger partial charge in [-0.1, -0.05) is 105 Å². The van der Waals surface area contributed by atoms with Crippen LogP contribution in [0.25, 0.3) is 6.08 Å². The summed E-state index contributed by atoms with van der Waals surface area (Å²) in [6, 6.07) is 43.5. The molecule has 11 N–H and O–H groups in total. The molecule has 1 fully saturated rings. The minimum absolute atomic E-state index is 0.00311. The van der Waals surface area contributed by atoms with E-state index in [4.69, 9.17) is 60.2 Å². The average molecular weight is 2120 g/mol. The molecule has 131 heavy (non-hydrogen) atoms. The number of allylic oxidation sites excluding steroid dienone is 1. The summed E-state index contributed by atoms with van der Waals surface area (Å²) < 4.78 is 53.4. The van der Waals surface area contributed by atoms with E-state index in [9.17, 15) is 49.0 Å². The Labute approximate surface area is 801 Å². The number of hydrogen-bond donors (Lipinski definition) is 9. The molecular formula is C95H117BBr3N12O18SSn. The third kappa shape index (κ3) is 32.9. The van der Waals surface area contributed by atoms with Crippen molar-refractivity contribution >= 4 is 139 Å². The SMILES string of the molecule is C=[C](OCC)[Sn]([CH2]CCC)([CH2]CCC)[CH2]CCC.CCO.COc1[nH]ccc(=O)c1C(=O)/C=C/c1ccc(Br)cc1.COc1[nH]ccc(=O)c1C(C)=O.COc1cc(N)ccn1.COc1nccc(N)c1Br.COc1nccc(N)c1C(C)=O.COc1nccc2c1[C@]1(O)[C@H](O)[C@H](C(=O)N(C)C)[C@@H](c3ccccc3)[C@]1(c1ccc(C#N)cc1)O2.O=Cc1ccc(Br)cc1.[B]=NS. The number of carbonyl (C=O) groups excluding carboxylic acids is 5. The Morgan fingerprint density at radius 2 is 1.13 bits per heavy atom. The van der Waals surface area contributed by atoms with Crippen LogP contribution in [0.2, 0.25) is 13.3 Å². The second-order valence-electron chi connectivity index (χ2n) is 28.6. The fourth-order valence-electron chi connectivity index (χ4n) is 13.7. The van der Waals surface area contributed by atoms with Crippen LogP contribution in [0.1, 0.15) is 162 Å². The van der Waals surface area contributed by atoms with E-state index in [1.165, 1.54) is 146 Å². The van der Waals surface area contributed by atoms with Crippen LogP contribution in [0.4, 0.5) is 17.1 Å². The molecule has 699 valence electrons. The first-order valence-corrected chi connectivity index (χ1v) is 51.5. The summed E-state index contributed by atoms with van der Waals surface area (Å²) in [6.07, 6.45) is 19.5. The summed E-state index contributed by atoms with van der Waals surface area (Å²) in [6.45, 7) is 18.9. The van der Waals surface area contributed by atoms with Gasteiger partial charge >= 0.3 is 144 Å². The Morgan fingerprint density at radius 1 is 0.656 bits per heavy atom. The van der Waals surface area contributed by atoms with E-state index in [0.29, 0.717) is 66.9 Å². The summed E-state index contributed by atoms with van der Waals surface area (Å²) in [5.74, 6) is -0.887. The van der Waals surface area contributed by atoms with Crippen LogP contribution in [-0.4, -0.2) is 182 Å². The number of pyridine rings is 6. The van der Waals surface area contributed by atoms with E-state index in [2.05, 4.69) is 143 Å². The maximum atomic E-state index is 13.6. The number of fused-ring (bicyclic) bond motifs is 3. The van der Waals surface area contributed by atoms with Gasteiger partial charge in [0.15, 0.2) is 39.4 Å². The molecule has 0 unspecified atom stereocenters. The molecule has 10 aromatic rings. The molecule has 1 saturated carbocycles. The quantitative estimate of drug-likeness (QED) is 0.00576. The van der Waals surface area contributed by atoms with E-state index in [1.54, 1.807) is 120 Å².